The summed E-state index contributed by atoms with van der Waals surface area (Å²) in [6.07, 6.45) is 0. The van der Waals surface area contributed by atoms with Gasteiger partial charge in [-0.2, -0.15) is 4.31 Å². The van der Waals surface area contributed by atoms with Gasteiger partial charge in [0.25, 0.3) is 5.91 Å². The Labute approximate surface area is 187 Å². The van der Waals surface area contributed by atoms with Crippen molar-refractivity contribution in [2.45, 2.75) is 25.7 Å². The molecule has 0 aliphatic heterocycles. The molecular weight excluding hydrogens is 444 g/mol. The number of benzene rings is 2. The maximum Gasteiger partial charge on any atom is 0.340 e. The Hall–Kier alpha value is -2.62. The third-order valence-corrected chi connectivity index (χ3v) is 6.66. The highest BCUT2D eigenvalue weighted by atomic mass is 35.5. The summed E-state index contributed by atoms with van der Waals surface area (Å²) in [4.78, 5) is 24.4. The highest BCUT2D eigenvalue weighted by molar-refractivity contribution is 7.89. The molecule has 0 atom stereocenters. The van der Waals surface area contributed by atoms with Gasteiger partial charge in [0, 0.05) is 18.8 Å². The van der Waals surface area contributed by atoms with Crippen molar-refractivity contribution in [2.75, 3.05) is 31.6 Å². The van der Waals surface area contributed by atoms with E-state index in [0.29, 0.717) is 18.0 Å². The number of rotatable bonds is 10. The van der Waals surface area contributed by atoms with E-state index in [0.717, 1.165) is 6.07 Å². The molecule has 0 aromatic heterocycles. The number of hydrogen-bond acceptors (Lipinski definition) is 6. The van der Waals surface area contributed by atoms with Crippen molar-refractivity contribution in [2.24, 2.45) is 0 Å². The third-order valence-electron chi connectivity index (χ3n) is 4.28. The van der Waals surface area contributed by atoms with Crippen LogP contribution in [0.25, 0.3) is 0 Å². The number of sulfonamides is 1. The van der Waals surface area contributed by atoms with Crippen LogP contribution in [-0.2, 0) is 19.6 Å². The van der Waals surface area contributed by atoms with Gasteiger partial charge in [0.2, 0.25) is 10.0 Å². The van der Waals surface area contributed by atoms with Gasteiger partial charge in [0.15, 0.2) is 6.61 Å². The van der Waals surface area contributed by atoms with E-state index in [2.05, 4.69) is 5.32 Å². The predicted molar refractivity (Wildman–Crippen MR) is 118 cm³/mol. The van der Waals surface area contributed by atoms with Gasteiger partial charge in [-0.15, -0.1) is 0 Å². The minimum Gasteiger partial charge on any atom is -0.494 e. The molecule has 10 heteroatoms. The first kappa shape index (κ1) is 24.6. The van der Waals surface area contributed by atoms with E-state index in [1.807, 2.05) is 6.92 Å². The zero-order valence-electron chi connectivity index (χ0n) is 17.6. The SMILES string of the molecule is CCOc1ccc(NC(=O)COC(=O)c2cc(S(=O)(=O)N(CC)CC)ccc2Cl)cc1. The van der Waals surface area contributed by atoms with Gasteiger partial charge in [0.05, 0.1) is 22.1 Å². The molecule has 0 aliphatic carbocycles. The fourth-order valence-corrected chi connectivity index (χ4v) is 4.42. The Balaban J connectivity index is 2.05. The van der Waals surface area contributed by atoms with Crippen molar-refractivity contribution in [3.8, 4) is 5.75 Å². The lowest BCUT2D eigenvalue weighted by atomic mass is 10.2. The summed E-state index contributed by atoms with van der Waals surface area (Å²) >= 11 is 6.05. The molecule has 0 unspecified atom stereocenters. The van der Waals surface area contributed by atoms with Gasteiger partial charge in [-0.1, -0.05) is 25.4 Å². The molecule has 1 N–H and O–H groups in total. The second kappa shape index (κ2) is 11.1. The van der Waals surface area contributed by atoms with Crippen LogP contribution in [-0.4, -0.2) is 50.9 Å². The topological polar surface area (TPSA) is 102 Å². The van der Waals surface area contributed by atoms with Crippen LogP contribution in [0.5, 0.6) is 5.75 Å². The fraction of sp³-hybridized carbons (Fsp3) is 0.333. The number of amides is 1. The van der Waals surface area contributed by atoms with Crippen LogP contribution >= 0.6 is 11.6 Å². The summed E-state index contributed by atoms with van der Waals surface area (Å²) in [6, 6.07) is 10.5. The van der Waals surface area contributed by atoms with Crippen LogP contribution in [0.2, 0.25) is 5.02 Å². The summed E-state index contributed by atoms with van der Waals surface area (Å²) < 4.78 is 36.9. The highest BCUT2D eigenvalue weighted by Gasteiger charge is 2.24. The van der Waals surface area contributed by atoms with Crippen molar-refractivity contribution in [1.82, 2.24) is 4.31 Å². The van der Waals surface area contributed by atoms with E-state index < -0.39 is 28.5 Å². The predicted octanol–water partition coefficient (Wildman–Crippen LogP) is 3.56. The molecule has 0 saturated heterocycles. The molecule has 168 valence electrons. The quantitative estimate of drug-likeness (QED) is 0.535. The molecule has 0 radical (unpaired) electrons. The minimum absolute atomic E-state index is 0.0235. The van der Waals surface area contributed by atoms with E-state index >= 15 is 0 Å². The molecule has 8 nitrogen and oxygen atoms in total. The summed E-state index contributed by atoms with van der Waals surface area (Å²) in [5.41, 5.74) is 0.374. The lowest BCUT2D eigenvalue weighted by Gasteiger charge is -2.19. The Morgan fingerprint density at radius 2 is 1.68 bits per heavy atom. The molecular formula is C21H25ClN2O6S. The second-order valence-corrected chi connectivity index (χ2v) is 8.66. The van der Waals surface area contributed by atoms with Crippen molar-refractivity contribution in [3.63, 3.8) is 0 Å². The Kier molecular flexibility index (Phi) is 8.85. The number of carbonyl (C=O) groups excluding carboxylic acids is 2. The van der Waals surface area contributed by atoms with Crippen molar-refractivity contribution >= 4 is 39.2 Å². The second-order valence-electron chi connectivity index (χ2n) is 6.31. The van der Waals surface area contributed by atoms with E-state index in [-0.39, 0.29) is 28.6 Å². The number of halogens is 1. The first-order valence-corrected chi connectivity index (χ1v) is 11.5. The van der Waals surface area contributed by atoms with Crippen LogP contribution < -0.4 is 10.1 Å². The molecule has 0 heterocycles. The number of ether oxygens (including phenoxy) is 2. The van der Waals surface area contributed by atoms with Crippen LogP contribution in [0.3, 0.4) is 0 Å². The summed E-state index contributed by atoms with van der Waals surface area (Å²) in [7, 11) is -3.78. The number of nitrogens with one attached hydrogen (secondary N) is 1. The summed E-state index contributed by atoms with van der Waals surface area (Å²) in [5, 5.41) is 2.61. The molecule has 2 aromatic rings. The molecule has 1 amide bonds. The van der Waals surface area contributed by atoms with Crippen LogP contribution in [0.15, 0.2) is 47.4 Å². The Morgan fingerprint density at radius 3 is 2.26 bits per heavy atom. The normalized spacial score (nSPS) is 11.3. The van der Waals surface area contributed by atoms with Gasteiger partial charge in [-0.3, -0.25) is 4.79 Å². The zero-order valence-corrected chi connectivity index (χ0v) is 19.1. The third kappa shape index (κ3) is 6.43. The molecule has 2 rings (SSSR count). The van der Waals surface area contributed by atoms with Gasteiger partial charge in [-0.25, -0.2) is 13.2 Å². The molecule has 0 aliphatic rings. The highest BCUT2D eigenvalue weighted by Crippen LogP contribution is 2.24. The van der Waals surface area contributed by atoms with Crippen LogP contribution in [0.4, 0.5) is 5.69 Å². The van der Waals surface area contributed by atoms with Crippen LogP contribution in [0, 0.1) is 0 Å². The number of hydrogen-bond donors (Lipinski definition) is 1. The number of anilines is 1. The van der Waals surface area contributed by atoms with E-state index in [1.54, 1.807) is 38.1 Å². The summed E-state index contributed by atoms with van der Waals surface area (Å²) in [5.74, 6) is -0.787. The zero-order chi connectivity index (χ0) is 23.0. The largest absolute Gasteiger partial charge is 0.494 e. The maximum absolute atomic E-state index is 12.7. The number of carbonyl (C=O) groups is 2. The summed E-state index contributed by atoms with van der Waals surface area (Å²) in [6.45, 7) is 5.84. The van der Waals surface area contributed by atoms with Crippen molar-refractivity contribution in [3.05, 3.63) is 53.1 Å². The lowest BCUT2D eigenvalue weighted by molar-refractivity contribution is -0.119. The number of nitrogens with zero attached hydrogens (tertiary/aromatic N) is 1. The average Bonchev–Trinajstić information content (AvgIpc) is 2.74. The molecule has 31 heavy (non-hydrogen) atoms. The van der Waals surface area contributed by atoms with Crippen LogP contribution in [0.1, 0.15) is 31.1 Å². The van der Waals surface area contributed by atoms with E-state index in [4.69, 9.17) is 21.1 Å². The molecule has 0 saturated carbocycles. The Morgan fingerprint density at radius 1 is 1.03 bits per heavy atom. The minimum atomic E-state index is -3.78. The van der Waals surface area contributed by atoms with Crippen molar-refractivity contribution in [1.29, 1.82) is 0 Å². The standard InChI is InChI=1S/C21H25ClN2O6S/c1-4-24(5-2)31(27,28)17-11-12-19(22)18(13-17)21(26)30-14-20(25)23-15-7-9-16(10-8-15)29-6-3/h7-13H,4-6,14H2,1-3H3,(H,23,25). The van der Waals surface area contributed by atoms with Crippen molar-refractivity contribution < 1.29 is 27.5 Å². The smallest absolute Gasteiger partial charge is 0.340 e. The van der Waals surface area contributed by atoms with E-state index in [9.17, 15) is 18.0 Å². The Bertz CT molecular complexity index is 1020. The molecule has 0 spiro atoms. The molecule has 0 bridgehead atoms. The first-order chi connectivity index (χ1) is 14.7. The van der Waals surface area contributed by atoms with Gasteiger partial charge in [0.1, 0.15) is 5.75 Å². The van der Waals surface area contributed by atoms with Gasteiger partial charge >= 0.3 is 5.97 Å². The maximum atomic E-state index is 12.7. The molecule has 0 fully saturated rings. The van der Waals surface area contributed by atoms with Gasteiger partial charge in [-0.05, 0) is 49.4 Å². The monoisotopic (exact) mass is 468 g/mol. The lowest BCUT2D eigenvalue weighted by Crippen LogP contribution is -2.30. The fourth-order valence-electron chi connectivity index (χ4n) is 2.74. The van der Waals surface area contributed by atoms with Gasteiger partial charge < -0.3 is 14.8 Å². The average molecular weight is 469 g/mol. The molecule has 2 aromatic carbocycles. The first-order valence-electron chi connectivity index (χ1n) is 9.72. The number of esters is 1. The van der Waals surface area contributed by atoms with E-state index in [1.165, 1.54) is 16.4 Å².